The van der Waals surface area contributed by atoms with E-state index < -0.39 is 0 Å². The molecule has 1 aromatic rings. The van der Waals surface area contributed by atoms with Crippen LogP contribution in [0.4, 0.5) is 0 Å². The predicted molar refractivity (Wildman–Crippen MR) is 82.3 cm³/mol. The molecular weight excluding hydrogens is 266 g/mol. The molecule has 0 unspecified atom stereocenters. The first-order valence-corrected chi connectivity index (χ1v) is 7.54. The fourth-order valence-electron chi connectivity index (χ4n) is 2.59. The van der Waals surface area contributed by atoms with Crippen molar-refractivity contribution in [3.05, 3.63) is 28.8 Å². The number of rotatable bonds is 6. The van der Waals surface area contributed by atoms with Gasteiger partial charge in [0.15, 0.2) is 0 Å². The van der Waals surface area contributed by atoms with E-state index >= 15 is 0 Å². The standard InChI is InChI=1S/C17H25NO3/c1-12(2)5-6-21-16-8-13(3)7-14-9-18(10-15(14)16)11-17(19)20-4/h7-8,12H,5-6,9-11H2,1-4H3. The van der Waals surface area contributed by atoms with Crippen molar-refractivity contribution < 1.29 is 14.3 Å². The highest BCUT2D eigenvalue weighted by Gasteiger charge is 2.24. The van der Waals surface area contributed by atoms with Gasteiger partial charge in [-0.2, -0.15) is 0 Å². The van der Waals surface area contributed by atoms with Crippen LogP contribution in [0.3, 0.4) is 0 Å². The van der Waals surface area contributed by atoms with Crippen LogP contribution in [0.15, 0.2) is 12.1 Å². The van der Waals surface area contributed by atoms with E-state index in [9.17, 15) is 4.79 Å². The molecule has 0 radical (unpaired) electrons. The van der Waals surface area contributed by atoms with Crippen LogP contribution in [0.25, 0.3) is 0 Å². The number of benzene rings is 1. The van der Waals surface area contributed by atoms with Crippen LogP contribution in [0, 0.1) is 12.8 Å². The molecule has 1 aliphatic heterocycles. The Morgan fingerprint density at radius 3 is 2.76 bits per heavy atom. The molecule has 0 saturated heterocycles. The Labute approximate surface area is 127 Å². The molecule has 1 aliphatic rings. The second-order valence-electron chi connectivity index (χ2n) is 6.15. The Hall–Kier alpha value is -1.55. The molecule has 2 rings (SSSR count). The minimum atomic E-state index is -0.193. The second kappa shape index (κ2) is 6.94. The average molecular weight is 291 g/mol. The highest BCUT2D eigenvalue weighted by Crippen LogP contribution is 2.32. The second-order valence-corrected chi connectivity index (χ2v) is 6.15. The molecule has 0 saturated carbocycles. The summed E-state index contributed by atoms with van der Waals surface area (Å²) in [7, 11) is 1.43. The molecule has 4 heteroatoms. The molecular formula is C17H25NO3. The summed E-state index contributed by atoms with van der Waals surface area (Å²) in [5.41, 5.74) is 3.68. The van der Waals surface area contributed by atoms with E-state index in [0.717, 1.165) is 31.9 Å². The molecule has 116 valence electrons. The summed E-state index contributed by atoms with van der Waals surface area (Å²) in [5.74, 6) is 1.42. The lowest BCUT2D eigenvalue weighted by Crippen LogP contribution is -2.25. The molecule has 0 spiro atoms. The molecule has 1 aromatic carbocycles. The lowest BCUT2D eigenvalue weighted by atomic mass is 10.1. The van der Waals surface area contributed by atoms with Crippen LogP contribution in [0.2, 0.25) is 0 Å². The minimum Gasteiger partial charge on any atom is -0.493 e. The van der Waals surface area contributed by atoms with E-state index in [1.807, 2.05) is 0 Å². The summed E-state index contributed by atoms with van der Waals surface area (Å²) in [6.45, 7) is 9.08. The summed E-state index contributed by atoms with van der Waals surface area (Å²) < 4.78 is 10.7. The number of methoxy groups -OCH3 is 1. The van der Waals surface area contributed by atoms with Gasteiger partial charge in [-0.25, -0.2) is 0 Å². The van der Waals surface area contributed by atoms with E-state index in [1.54, 1.807) is 0 Å². The smallest absolute Gasteiger partial charge is 0.319 e. The summed E-state index contributed by atoms with van der Waals surface area (Å²) in [4.78, 5) is 13.5. The zero-order valence-electron chi connectivity index (χ0n) is 13.4. The fourth-order valence-corrected chi connectivity index (χ4v) is 2.59. The zero-order valence-corrected chi connectivity index (χ0v) is 13.4. The molecule has 0 N–H and O–H groups in total. The first-order chi connectivity index (χ1) is 9.99. The summed E-state index contributed by atoms with van der Waals surface area (Å²) in [5, 5.41) is 0. The van der Waals surface area contributed by atoms with Crippen LogP contribution in [-0.4, -0.2) is 31.1 Å². The normalized spacial score (nSPS) is 14.3. The molecule has 0 atom stereocenters. The van der Waals surface area contributed by atoms with Gasteiger partial charge >= 0.3 is 5.97 Å². The maximum absolute atomic E-state index is 11.4. The Bertz CT molecular complexity index is 511. The SMILES string of the molecule is COC(=O)CN1Cc2cc(C)cc(OCCC(C)C)c2C1. The van der Waals surface area contributed by atoms with E-state index in [1.165, 1.54) is 23.8 Å². The first kappa shape index (κ1) is 15.8. The van der Waals surface area contributed by atoms with Crippen LogP contribution in [-0.2, 0) is 22.6 Å². The number of fused-ring (bicyclic) bond motifs is 1. The Morgan fingerprint density at radius 1 is 1.33 bits per heavy atom. The lowest BCUT2D eigenvalue weighted by molar-refractivity contribution is -0.142. The van der Waals surface area contributed by atoms with Gasteiger partial charge in [-0.1, -0.05) is 19.9 Å². The molecule has 0 bridgehead atoms. The molecule has 4 nitrogen and oxygen atoms in total. The van der Waals surface area contributed by atoms with Crippen molar-refractivity contribution in [1.82, 2.24) is 4.90 Å². The van der Waals surface area contributed by atoms with Crippen molar-refractivity contribution in [2.24, 2.45) is 5.92 Å². The van der Waals surface area contributed by atoms with Crippen LogP contribution in [0.5, 0.6) is 5.75 Å². The Balaban J connectivity index is 2.07. The quantitative estimate of drug-likeness (QED) is 0.755. The van der Waals surface area contributed by atoms with Crippen molar-refractivity contribution in [3.63, 3.8) is 0 Å². The van der Waals surface area contributed by atoms with Gasteiger partial charge < -0.3 is 9.47 Å². The number of nitrogens with zero attached hydrogens (tertiary/aromatic N) is 1. The van der Waals surface area contributed by atoms with Crippen LogP contribution < -0.4 is 4.74 Å². The number of hydrogen-bond acceptors (Lipinski definition) is 4. The number of hydrogen-bond donors (Lipinski definition) is 0. The molecule has 0 fully saturated rings. The van der Waals surface area contributed by atoms with E-state index in [2.05, 4.69) is 37.8 Å². The van der Waals surface area contributed by atoms with Crippen molar-refractivity contribution in [3.8, 4) is 5.75 Å². The zero-order chi connectivity index (χ0) is 15.4. The molecule has 0 amide bonds. The third-order valence-electron chi connectivity index (χ3n) is 3.75. The van der Waals surface area contributed by atoms with E-state index in [0.29, 0.717) is 12.5 Å². The minimum absolute atomic E-state index is 0.193. The molecule has 0 aliphatic carbocycles. The maximum Gasteiger partial charge on any atom is 0.319 e. The highest BCUT2D eigenvalue weighted by atomic mass is 16.5. The van der Waals surface area contributed by atoms with Crippen LogP contribution in [0.1, 0.15) is 37.0 Å². The van der Waals surface area contributed by atoms with Crippen LogP contribution >= 0.6 is 0 Å². The Morgan fingerprint density at radius 2 is 2.10 bits per heavy atom. The van der Waals surface area contributed by atoms with Gasteiger partial charge in [0.25, 0.3) is 0 Å². The van der Waals surface area contributed by atoms with E-state index in [4.69, 9.17) is 9.47 Å². The van der Waals surface area contributed by atoms with Crippen molar-refractivity contribution in [1.29, 1.82) is 0 Å². The summed E-state index contributed by atoms with van der Waals surface area (Å²) >= 11 is 0. The number of esters is 1. The molecule has 1 heterocycles. The van der Waals surface area contributed by atoms with Gasteiger partial charge in [0, 0.05) is 18.7 Å². The maximum atomic E-state index is 11.4. The largest absolute Gasteiger partial charge is 0.493 e. The van der Waals surface area contributed by atoms with Crippen molar-refractivity contribution in [2.75, 3.05) is 20.3 Å². The van der Waals surface area contributed by atoms with E-state index in [-0.39, 0.29) is 5.97 Å². The third-order valence-corrected chi connectivity index (χ3v) is 3.75. The Kier molecular flexibility index (Phi) is 5.23. The van der Waals surface area contributed by atoms with Gasteiger partial charge in [-0.15, -0.1) is 0 Å². The number of carbonyl (C=O) groups is 1. The molecule has 0 aromatic heterocycles. The lowest BCUT2D eigenvalue weighted by Gasteiger charge is -2.14. The third kappa shape index (κ3) is 4.21. The predicted octanol–water partition coefficient (Wildman–Crippen LogP) is 2.91. The summed E-state index contributed by atoms with van der Waals surface area (Å²) in [6, 6.07) is 4.28. The molecule has 21 heavy (non-hydrogen) atoms. The van der Waals surface area contributed by atoms with Gasteiger partial charge in [-0.05, 0) is 36.5 Å². The average Bonchev–Trinajstić information content (AvgIpc) is 2.80. The topological polar surface area (TPSA) is 38.8 Å². The summed E-state index contributed by atoms with van der Waals surface area (Å²) in [6.07, 6.45) is 1.05. The van der Waals surface area contributed by atoms with Gasteiger partial charge in [0.1, 0.15) is 5.75 Å². The highest BCUT2D eigenvalue weighted by molar-refractivity contribution is 5.71. The van der Waals surface area contributed by atoms with Gasteiger partial charge in [-0.3, -0.25) is 9.69 Å². The number of carbonyl (C=O) groups excluding carboxylic acids is 1. The first-order valence-electron chi connectivity index (χ1n) is 7.54. The fraction of sp³-hybridized carbons (Fsp3) is 0.588. The number of ether oxygens (including phenoxy) is 2. The number of aryl methyl sites for hydroxylation is 1. The monoisotopic (exact) mass is 291 g/mol. The van der Waals surface area contributed by atoms with Crippen molar-refractivity contribution in [2.45, 2.75) is 40.3 Å². The van der Waals surface area contributed by atoms with Crippen molar-refractivity contribution >= 4 is 5.97 Å². The van der Waals surface area contributed by atoms with Gasteiger partial charge in [0.05, 0.1) is 20.3 Å². The van der Waals surface area contributed by atoms with Gasteiger partial charge in [0.2, 0.25) is 0 Å².